The van der Waals surface area contributed by atoms with Crippen molar-refractivity contribution in [2.24, 2.45) is 5.18 Å². The highest BCUT2D eigenvalue weighted by Crippen LogP contribution is 2.23. The summed E-state index contributed by atoms with van der Waals surface area (Å²) >= 11 is 0. The number of aldehydes is 1. The van der Waals surface area contributed by atoms with Crippen LogP contribution >= 0.6 is 0 Å². The molecule has 0 bridgehead atoms. The number of nitroso groups, excluding NO2 is 1. The predicted octanol–water partition coefficient (Wildman–Crippen LogP) is 2.83. The molecule has 0 radical (unpaired) electrons. The summed E-state index contributed by atoms with van der Waals surface area (Å²) < 4.78 is 0. The maximum absolute atomic E-state index is 12.3. The summed E-state index contributed by atoms with van der Waals surface area (Å²) in [5.74, 6) is -1.59. The molecule has 0 aliphatic carbocycles. The van der Waals surface area contributed by atoms with Crippen molar-refractivity contribution in [3.63, 3.8) is 0 Å². The Morgan fingerprint density at radius 2 is 1.62 bits per heavy atom. The van der Waals surface area contributed by atoms with Crippen LogP contribution in [0.15, 0.2) is 47.6 Å². The highest BCUT2D eigenvalue weighted by Gasteiger charge is 2.17. The Labute approximate surface area is 119 Å². The number of carbonyl (C=O) groups is 3. The molecule has 0 heterocycles. The zero-order valence-electron chi connectivity index (χ0n) is 10.6. The van der Waals surface area contributed by atoms with Crippen molar-refractivity contribution in [1.82, 2.24) is 0 Å². The van der Waals surface area contributed by atoms with Crippen LogP contribution in [0.5, 0.6) is 0 Å². The van der Waals surface area contributed by atoms with Gasteiger partial charge in [0.15, 0.2) is 12.1 Å². The van der Waals surface area contributed by atoms with Gasteiger partial charge in [0.2, 0.25) is 0 Å². The monoisotopic (exact) mass is 283 g/mol. The van der Waals surface area contributed by atoms with E-state index in [2.05, 4.69) is 5.18 Å². The van der Waals surface area contributed by atoms with Crippen molar-refractivity contribution in [2.75, 3.05) is 0 Å². The van der Waals surface area contributed by atoms with Gasteiger partial charge in [0.25, 0.3) is 0 Å². The van der Waals surface area contributed by atoms with Crippen LogP contribution in [0.1, 0.15) is 36.6 Å². The van der Waals surface area contributed by atoms with Crippen molar-refractivity contribution in [1.29, 1.82) is 0 Å². The lowest BCUT2D eigenvalue weighted by Gasteiger charge is -2.05. The van der Waals surface area contributed by atoms with Crippen LogP contribution in [0.2, 0.25) is 0 Å². The Morgan fingerprint density at radius 3 is 2.14 bits per heavy atom. The first-order valence-corrected chi connectivity index (χ1v) is 5.88. The number of hydrogen-bond acceptors (Lipinski definition) is 5. The molecule has 6 heteroatoms. The molecular weight excluding hydrogens is 274 g/mol. The molecule has 0 unspecified atom stereocenters. The molecule has 104 valence electrons. The maximum Gasteiger partial charge on any atom is 0.335 e. The molecular formula is C15H9NO5. The average Bonchev–Trinajstić information content (AvgIpc) is 2.53. The van der Waals surface area contributed by atoms with E-state index in [0.29, 0.717) is 6.29 Å². The van der Waals surface area contributed by atoms with Crippen LogP contribution in [0.4, 0.5) is 5.69 Å². The van der Waals surface area contributed by atoms with E-state index in [0.717, 1.165) is 0 Å². The molecule has 2 rings (SSSR count). The second-order valence-corrected chi connectivity index (χ2v) is 4.16. The Balaban J connectivity index is 2.47. The number of ketones is 1. The number of hydrogen-bond donors (Lipinski definition) is 1. The molecule has 0 aromatic heterocycles. The fraction of sp³-hybridized carbons (Fsp3) is 0. The Bertz CT molecular complexity index is 734. The van der Waals surface area contributed by atoms with E-state index in [1.165, 1.54) is 42.5 Å². The lowest BCUT2D eigenvalue weighted by molar-refractivity contribution is 0.0696. The normalized spacial score (nSPS) is 9.90. The van der Waals surface area contributed by atoms with Crippen molar-refractivity contribution in [2.45, 2.75) is 0 Å². The molecule has 0 aliphatic heterocycles. The number of carboxylic acid groups (broad SMARTS) is 1. The van der Waals surface area contributed by atoms with Crippen LogP contribution < -0.4 is 0 Å². The standard InChI is InChI=1S/C15H9NO5/c17-8-12-11(2-1-3-13(12)16-21)14(18)9-4-6-10(7-5-9)15(19)20/h1-8H,(H,19,20). The van der Waals surface area contributed by atoms with Crippen LogP contribution in [0, 0.1) is 4.91 Å². The van der Waals surface area contributed by atoms with Crippen molar-refractivity contribution >= 4 is 23.7 Å². The highest BCUT2D eigenvalue weighted by atomic mass is 16.4. The second-order valence-electron chi connectivity index (χ2n) is 4.16. The number of carbonyl (C=O) groups excluding carboxylic acids is 2. The zero-order chi connectivity index (χ0) is 15.4. The van der Waals surface area contributed by atoms with E-state index in [4.69, 9.17) is 5.11 Å². The summed E-state index contributed by atoms with van der Waals surface area (Å²) in [5, 5.41) is 11.5. The lowest BCUT2D eigenvalue weighted by Crippen LogP contribution is -2.06. The fourth-order valence-corrected chi connectivity index (χ4v) is 1.87. The van der Waals surface area contributed by atoms with Crippen molar-refractivity contribution < 1.29 is 19.5 Å². The molecule has 0 saturated heterocycles. The number of benzene rings is 2. The van der Waals surface area contributed by atoms with Gasteiger partial charge in [-0.25, -0.2) is 4.79 Å². The molecule has 2 aromatic carbocycles. The van der Waals surface area contributed by atoms with Gasteiger partial charge in [-0.2, -0.15) is 0 Å². The summed E-state index contributed by atoms with van der Waals surface area (Å²) in [6, 6.07) is 9.47. The van der Waals surface area contributed by atoms with Gasteiger partial charge >= 0.3 is 5.97 Å². The minimum absolute atomic E-state index is 0.0465. The molecule has 21 heavy (non-hydrogen) atoms. The Kier molecular flexibility index (Phi) is 3.99. The van der Waals surface area contributed by atoms with Crippen LogP contribution in [-0.4, -0.2) is 23.1 Å². The maximum atomic E-state index is 12.3. The van der Waals surface area contributed by atoms with E-state index in [-0.39, 0.29) is 27.9 Å². The Hall–Kier alpha value is -3.15. The number of rotatable bonds is 5. The van der Waals surface area contributed by atoms with Gasteiger partial charge in [-0.1, -0.05) is 24.3 Å². The summed E-state index contributed by atoms with van der Waals surface area (Å²) in [5.41, 5.74) is 0.111. The third-order valence-corrected chi connectivity index (χ3v) is 2.94. The topological polar surface area (TPSA) is 101 Å². The summed E-state index contributed by atoms with van der Waals surface area (Å²) in [6.45, 7) is 0. The third-order valence-electron chi connectivity index (χ3n) is 2.94. The van der Waals surface area contributed by atoms with Gasteiger partial charge in [0, 0.05) is 11.1 Å². The molecule has 6 nitrogen and oxygen atoms in total. The minimum atomic E-state index is -1.10. The number of aromatic carboxylic acids is 1. The van der Waals surface area contributed by atoms with Crippen LogP contribution in [0.3, 0.4) is 0 Å². The van der Waals surface area contributed by atoms with E-state index >= 15 is 0 Å². The molecule has 0 spiro atoms. The van der Waals surface area contributed by atoms with Crippen LogP contribution in [-0.2, 0) is 0 Å². The average molecular weight is 283 g/mol. The molecule has 0 atom stereocenters. The SMILES string of the molecule is O=Cc1c(N=O)cccc1C(=O)c1ccc(C(=O)O)cc1. The fourth-order valence-electron chi connectivity index (χ4n) is 1.87. The summed E-state index contributed by atoms with van der Waals surface area (Å²) in [7, 11) is 0. The van der Waals surface area contributed by atoms with E-state index in [1.54, 1.807) is 0 Å². The Morgan fingerprint density at radius 1 is 1.00 bits per heavy atom. The lowest BCUT2D eigenvalue weighted by atomic mass is 9.97. The molecule has 0 saturated carbocycles. The summed E-state index contributed by atoms with van der Waals surface area (Å²) in [6.07, 6.45) is 0.398. The molecule has 0 amide bonds. The smallest absolute Gasteiger partial charge is 0.335 e. The minimum Gasteiger partial charge on any atom is -0.478 e. The van der Waals surface area contributed by atoms with Gasteiger partial charge < -0.3 is 5.11 Å². The zero-order valence-corrected chi connectivity index (χ0v) is 10.6. The quantitative estimate of drug-likeness (QED) is 0.516. The predicted molar refractivity (Wildman–Crippen MR) is 74.1 cm³/mol. The molecule has 0 aliphatic rings. The number of nitrogens with zero attached hydrogens (tertiary/aromatic N) is 1. The van der Waals surface area contributed by atoms with Gasteiger partial charge in [0.05, 0.1) is 11.1 Å². The van der Waals surface area contributed by atoms with Crippen LogP contribution in [0.25, 0.3) is 0 Å². The third kappa shape index (κ3) is 2.74. The number of carboxylic acids is 1. The van der Waals surface area contributed by atoms with E-state index < -0.39 is 11.8 Å². The first kappa shape index (κ1) is 14.3. The van der Waals surface area contributed by atoms with Gasteiger partial charge in [-0.05, 0) is 23.4 Å². The van der Waals surface area contributed by atoms with E-state index in [9.17, 15) is 19.3 Å². The van der Waals surface area contributed by atoms with Gasteiger partial charge in [0.1, 0.15) is 5.69 Å². The van der Waals surface area contributed by atoms with Crippen molar-refractivity contribution in [3.8, 4) is 0 Å². The van der Waals surface area contributed by atoms with E-state index in [1.807, 2.05) is 0 Å². The molecule has 2 aromatic rings. The first-order chi connectivity index (χ1) is 10.1. The first-order valence-electron chi connectivity index (χ1n) is 5.88. The summed E-state index contributed by atoms with van der Waals surface area (Å²) in [4.78, 5) is 44.8. The molecule has 0 fully saturated rings. The van der Waals surface area contributed by atoms with Gasteiger partial charge in [-0.15, -0.1) is 4.91 Å². The van der Waals surface area contributed by atoms with Crippen molar-refractivity contribution in [3.05, 3.63) is 69.6 Å². The van der Waals surface area contributed by atoms with Gasteiger partial charge in [-0.3, -0.25) is 9.59 Å². The molecule has 1 N–H and O–H groups in total. The second kappa shape index (κ2) is 5.87. The highest BCUT2D eigenvalue weighted by molar-refractivity contribution is 6.14. The largest absolute Gasteiger partial charge is 0.478 e.